The standard InChI is InChI=1S/C13H16ClNO5S/c1-13(18)4-6-15(7-5-13)21(19,20)11-8-9(12(16)17)2-3-10(11)14/h2-3,8,18H,4-7H2,1H3,(H,16,17). The minimum Gasteiger partial charge on any atom is -0.478 e. The summed E-state index contributed by atoms with van der Waals surface area (Å²) in [7, 11) is -3.87. The number of carbonyl (C=O) groups is 1. The lowest BCUT2D eigenvalue weighted by Crippen LogP contribution is -2.45. The van der Waals surface area contributed by atoms with E-state index in [-0.39, 0.29) is 28.6 Å². The van der Waals surface area contributed by atoms with E-state index in [1.54, 1.807) is 6.92 Å². The molecule has 1 heterocycles. The van der Waals surface area contributed by atoms with Gasteiger partial charge in [0.25, 0.3) is 0 Å². The van der Waals surface area contributed by atoms with Crippen molar-refractivity contribution < 1.29 is 23.4 Å². The second-order valence-electron chi connectivity index (χ2n) is 5.35. The maximum absolute atomic E-state index is 12.6. The Labute approximate surface area is 128 Å². The molecule has 2 N–H and O–H groups in total. The maximum atomic E-state index is 12.6. The van der Waals surface area contributed by atoms with Crippen LogP contribution in [0.4, 0.5) is 0 Å². The van der Waals surface area contributed by atoms with E-state index in [4.69, 9.17) is 16.7 Å². The Balaban J connectivity index is 2.36. The van der Waals surface area contributed by atoms with Crippen molar-refractivity contribution in [3.63, 3.8) is 0 Å². The fourth-order valence-corrected chi connectivity index (χ4v) is 4.12. The first kappa shape index (κ1) is 16.2. The van der Waals surface area contributed by atoms with Gasteiger partial charge >= 0.3 is 5.97 Å². The summed E-state index contributed by atoms with van der Waals surface area (Å²) in [6.07, 6.45) is 0.644. The summed E-state index contributed by atoms with van der Waals surface area (Å²) in [5, 5.41) is 18.8. The van der Waals surface area contributed by atoms with Crippen LogP contribution in [0.5, 0.6) is 0 Å². The van der Waals surface area contributed by atoms with Gasteiger partial charge in [0.05, 0.1) is 16.2 Å². The third-order valence-corrected chi connectivity index (χ3v) is 5.98. The number of sulfonamides is 1. The molecule has 1 aromatic rings. The van der Waals surface area contributed by atoms with Crippen LogP contribution in [0.1, 0.15) is 30.1 Å². The molecule has 0 saturated carbocycles. The van der Waals surface area contributed by atoms with Gasteiger partial charge < -0.3 is 10.2 Å². The van der Waals surface area contributed by atoms with Crippen molar-refractivity contribution in [2.24, 2.45) is 0 Å². The quantitative estimate of drug-likeness (QED) is 0.875. The summed E-state index contributed by atoms with van der Waals surface area (Å²) in [6.45, 7) is 2.00. The molecule has 0 atom stereocenters. The first-order chi connectivity index (χ1) is 9.63. The lowest BCUT2D eigenvalue weighted by Gasteiger charge is -2.35. The van der Waals surface area contributed by atoms with Crippen molar-refractivity contribution >= 4 is 27.6 Å². The Morgan fingerprint density at radius 2 is 1.90 bits per heavy atom. The molecular weight excluding hydrogens is 318 g/mol. The molecular formula is C13H16ClNO5S. The number of hydrogen-bond donors (Lipinski definition) is 2. The van der Waals surface area contributed by atoms with Crippen molar-refractivity contribution in [1.29, 1.82) is 0 Å². The molecule has 1 aliphatic rings. The molecule has 1 aliphatic heterocycles. The summed E-state index contributed by atoms with van der Waals surface area (Å²) >= 11 is 5.91. The lowest BCUT2D eigenvalue weighted by molar-refractivity contribution is 0.0126. The topological polar surface area (TPSA) is 94.9 Å². The second-order valence-corrected chi connectivity index (χ2v) is 7.66. The third-order valence-electron chi connectivity index (χ3n) is 3.60. The number of aromatic carboxylic acids is 1. The molecule has 116 valence electrons. The molecule has 1 aromatic carbocycles. The van der Waals surface area contributed by atoms with E-state index in [9.17, 15) is 18.3 Å². The van der Waals surface area contributed by atoms with Gasteiger partial charge in [-0.2, -0.15) is 4.31 Å². The van der Waals surface area contributed by atoms with Gasteiger partial charge in [0.1, 0.15) is 4.90 Å². The van der Waals surface area contributed by atoms with Crippen LogP contribution >= 0.6 is 11.6 Å². The van der Waals surface area contributed by atoms with Crippen molar-refractivity contribution in [1.82, 2.24) is 4.31 Å². The van der Waals surface area contributed by atoms with Crippen LogP contribution in [-0.4, -0.2) is 47.6 Å². The highest BCUT2D eigenvalue weighted by Gasteiger charge is 2.35. The van der Waals surface area contributed by atoms with E-state index in [0.29, 0.717) is 12.8 Å². The molecule has 0 aliphatic carbocycles. The average molecular weight is 334 g/mol. The summed E-state index contributed by atoms with van der Waals surface area (Å²) in [6, 6.07) is 3.58. The highest BCUT2D eigenvalue weighted by molar-refractivity contribution is 7.89. The van der Waals surface area contributed by atoms with Gasteiger partial charge in [-0.15, -0.1) is 0 Å². The Hall–Kier alpha value is -1.15. The molecule has 21 heavy (non-hydrogen) atoms. The fourth-order valence-electron chi connectivity index (χ4n) is 2.18. The van der Waals surface area contributed by atoms with Crippen molar-refractivity contribution in [2.75, 3.05) is 13.1 Å². The van der Waals surface area contributed by atoms with Gasteiger partial charge in [-0.3, -0.25) is 0 Å². The predicted molar refractivity (Wildman–Crippen MR) is 77.0 cm³/mol. The van der Waals surface area contributed by atoms with E-state index in [1.807, 2.05) is 0 Å². The van der Waals surface area contributed by atoms with Gasteiger partial charge in [-0.1, -0.05) is 11.6 Å². The highest BCUT2D eigenvalue weighted by atomic mass is 35.5. The number of benzene rings is 1. The summed E-state index contributed by atoms with van der Waals surface area (Å²) < 4.78 is 26.3. The Bertz CT molecular complexity index is 661. The van der Waals surface area contributed by atoms with E-state index in [0.717, 1.165) is 6.07 Å². The smallest absolute Gasteiger partial charge is 0.335 e. The molecule has 0 amide bonds. The number of aliphatic hydroxyl groups is 1. The van der Waals surface area contributed by atoms with Crippen LogP contribution < -0.4 is 0 Å². The van der Waals surface area contributed by atoms with Crippen LogP contribution in [-0.2, 0) is 10.0 Å². The van der Waals surface area contributed by atoms with Crippen molar-refractivity contribution in [3.8, 4) is 0 Å². The van der Waals surface area contributed by atoms with Crippen LogP contribution in [0.2, 0.25) is 5.02 Å². The largest absolute Gasteiger partial charge is 0.478 e. The van der Waals surface area contributed by atoms with Gasteiger partial charge in [0, 0.05) is 13.1 Å². The number of rotatable bonds is 3. The zero-order valence-electron chi connectivity index (χ0n) is 11.4. The molecule has 2 rings (SSSR count). The van der Waals surface area contributed by atoms with Crippen molar-refractivity contribution in [3.05, 3.63) is 28.8 Å². The molecule has 8 heteroatoms. The molecule has 6 nitrogen and oxygen atoms in total. The van der Waals surface area contributed by atoms with Crippen LogP contribution in [0.3, 0.4) is 0 Å². The van der Waals surface area contributed by atoms with Crippen molar-refractivity contribution in [2.45, 2.75) is 30.3 Å². The number of nitrogens with zero attached hydrogens (tertiary/aromatic N) is 1. The molecule has 1 fully saturated rings. The van der Waals surface area contributed by atoms with E-state index in [2.05, 4.69) is 0 Å². The van der Waals surface area contributed by atoms with Gasteiger partial charge in [-0.25, -0.2) is 13.2 Å². The van der Waals surface area contributed by atoms with Crippen LogP contribution in [0.25, 0.3) is 0 Å². The number of carboxylic acid groups (broad SMARTS) is 1. The Morgan fingerprint density at radius 1 is 1.33 bits per heavy atom. The number of halogens is 1. The number of hydrogen-bond acceptors (Lipinski definition) is 4. The zero-order valence-corrected chi connectivity index (χ0v) is 13.0. The first-order valence-corrected chi connectivity index (χ1v) is 8.21. The molecule has 0 spiro atoms. The van der Waals surface area contributed by atoms with Crippen LogP contribution in [0.15, 0.2) is 23.1 Å². The molecule has 0 bridgehead atoms. The van der Waals surface area contributed by atoms with Gasteiger partial charge in [0.15, 0.2) is 0 Å². The minimum atomic E-state index is -3.87. The molecule has 0 unspecified atom stereocenters. The Morgan fingerprint density at radius 3 is 2.43 bits per heavy atom. The summed E-state index contributed by atoms with van der Waals surface area (Å²) in [5.74, 6) is -1.22. The normalized spacial score (nSPS) is 19.4. The van der Waals surface area contributed by atoms with Crippen LogP contribution in [0, 0.1) is 0 Å². The molecule has 1 saturated heterocycles. The first-order valence-electron chi connectivity index (χ1n) is 6.39. The molecule has 0 radical (unpaired) electrons. The number of piperidine rings is 1. The lowest BCUT2D eigenvalue weighted by atomic mass is 9.95. The summed E-state index contributed by atoms with van der Waals surface area (Å²) in [4.78, 5) is 10.8. The fraction of sp³-hybridized carbons (Fsp3) is 0.462. The third kappa shape index (κ3) is 3.37. The summed E-state index contributed by atoms with van der Waals surface area (Å²) in [5.41, 5.74) is -1.01. The van der Waals surface area contributed by atoms with E-state index >= 15 is 0 Å². The SMILES string of the molecule is CC1(O)CCN(S(=O)(=O)c2cc(C(=O)O)ccc2Cl)CC1. The highest BCUT2D eigenvalue weighted by Crippen LogP contribution is 2.30. The molecule has 0 aromatic heterocycles. The Kier molecular flexibility index (Phi) is 4.30. The monoisotopic (exact) mass is 333 g/mol. The number of carboxylic acids is 1. The minimum absolute atomic E-state index is 0.0164. The second kappa shape index (κ2) is 5.57. The van der Waals surface area contributed by atoms with E-state index in [1.165, 1.54) is 16.4 Å². The predicted octanol–water partition coefficient (Wildman–Crippen LogP) is 1.57. The average Bonchev–Trinajstić information content (AvgIpc) is 2.38. The van der Waals surface area contributed by atoms with Gasteiger partial charge in [-0.05, 0) is 38.0 Å². The van der Waals surface area contributed by atoms with E-state index < -0.39 is 21.6 Å². The zero-order chi connectivity index (χ0) is 15.8. The van der Waals surface area contributed by atoms with Gasteiger partial charge in [0.2, 0.25) is 10.0 Å². The maximum Gasteiger partial charge on any atom is 0.335 e.